The highest BCUT2D eigenvalue weighted by molar-refractivity contribution is 8.03. The van der Waals surface area contributed by atoms with Gasteiger partial charge in [-0.05, 0) is 25.7 Å². The molecule has 10 nitrogen and oxygen atoms in total. The fourth-order valence-electron chi connectivity index (χ4n) is 5.70. The number of hydrogen-bond acceptors (Lipinski definition) is 7. The van der Waals surface area contributed by atoms with Crippen LogP contribution < -0.4 is 5.32 Å². The summed E-state index contributed by atoms with van der Waals surface area (Å²) in [6.45, 7) is 6.25. The van der Waals surface area contributed by atoms with Crippen molar-refractivity contribution >= 4 is 35.9 Å². The van der Waals surface area contributed by atoms with Crippen LogP contribution in [0.15, 0.2) is 10.6 Å². The fraction of sp³-hybridized carbons (Fsp3) is 0.727. The van der Waals surface area contributed by atoms with Crippen LogP contribution in [0, 0.1) is 23.2 Å². The molecule has 0 aromatic rings. The van der Waals surface area contributed by atoms with E-state index >= 15 is 0 Å². The number of nitrogens with one attached hydrogen (secondary N) is 2. The van der Waals surface area contributed by atoms with E-state index in [4.69, 9.17) is 5.41 Å². The molecule has 0 bridgehead atoms. The predicted molar refractivity (Wildman–Crippen MR) is 124 cm³/mol. The zero-order valence-electron chi connectivity index (χ0n) is 19.2. The maximum absolute atomic E-state index is 13.1. The van der Waals surface area contributed by atoms with Gasteiger partial charge in [0.15, 0.2) is 0 Å². The van der Waals surface area contributed by atoms with Crippen LogP contribution in [0.25, 0.3) is 0 Å². The SMILES string of the molecule is C[C@@H](O)[C@H]1C(=O)N2C(C(=O)O)=C(S[C@@H]3CN[C@H](C(=O)N4CC[C@H](CN(C)C=N)C4)C3)[C@H](C)[C@H]12. The van der Waals surface area contributed by atoms with Crippen molar-refractivity contribution in [3.8, 4) is 0 Å². The number of carboxylic acid groups (broad SMARTS) is 1. The Labute approximate surface area is 197 Å². The number of aliphatic carboxylic acids is 1. The van der Waals surface area contributed by atoms with Crippen molar-refractivity contribution in [3.05, 3.63) is 10.6 Å². The van der Waals surface area contributed by atoms with E-state index in [1.807, 2.05) is 23.8 Å². The molecule has 2 amide bonds. The van der Waals surface area contributed by atoms with E-state index in [-0.39, 0.29) is 40.8 Å². The van der Waals surface area contributed by atoms with Gasteiger partial charge in [0.1, 0.15) is 5.70 Å². The maximum atomic E-state index is 13.1. The number of likely N-dealkylation sites (tertiary alicyclic amines) is 1. The van der Waals surface area contributed by atoms with Crippen LogP contribution in [0.5, 0.6) is 0 Å². The van der Waals surface area contributed by atoms with Gasteiger partial charge in [-0.25, -0.2) is 4.79 Å². The Hall–Kier alpha value is -2.11. The van der Waals surface area contributed by atoms with Gasteiger partial charge < -0.3 is 30.2 Å². The number of hydrogen-bond donors (Lipinski definition) is 4. The molecule has 11 heteroatoms. The van der Waals surface area contributed by atoms with Crippen LogP contribution in [-0.2, 0) is 14.4 Å². The van der Waals surface area contributed by atoms with Gasteiger partial charge in [0.2, 0.25) is 11.8 Å². The standard InChI is InChI=1S/C22H33N5O5S/c1-11-17-16(12(2)28)21(30)27(17)18(22(31)32)19(11)33-14-6-15(24-7-14)20(29)26-5-4-13(9-26)8-25(3)10-23/h10-17,23-24,28H,4-9H2,1-3H3,(H,31,32)/t11-,12-,13-,14+,15+,16-,17-/m1/s1. The number of carbonyl (C=O) groups excluding carboxylic acids is 2. The summed E-state index contributed by atoms with van der Waals surface area (Å²) in [4.78, 5) is 43.3. The molecular formula is C22H33N5O5S. The van der Waals surface area contributed by atoms with Gasteiger partial charge in [0.25, 0.3) is 0 Å². The van der Waals surface area contributed by atoms with Crippen LogP contribution in [0.1, 0.15) is 26.7 Å². The monoisotopic (exact) mass is 479 g/mol. The molecule has 3 saturated heterocycles. The molecule has 33 heavy (non-hydrogen) atoms. The van der Waals surface area contributed by atoms with Crippen molar-refractivity contribution in [2.75, 3.05) is 33.2 Å². The number of rotatable bonds is 8. The lowest BCUT2D eigenvalue weighted by Gasteiger charge is -2.46. The van der Waals surface area contributed by atoms with Crippen LogP contribution in [-0.4, -0.2) is 106 Å². The molecule has 0 aliphatic carbocycles. The third kappa shape index (κ3) is 4.26. The van der Waals surface area contributed by atoms with Crippen molar-refractivity contribution in [1.82, 2.24) is 20.0 Å². The van der Waals surface area contributed by atoms with Crippen molar-refractivity contribution in [3.63, 3.8) is 0 Å². The Kier molecular flexibility index (Phi) is 6.75. The molecule has 0 spiro atoms. The first-order valence-corrected chi connectivity index (χ1v) is 12.4. The third-order valence-corrected chi connectivity index (χ3v) is 8.87. The topological polar surface area (TPSA) is 137 Å². The molecule has 182 valence electrons. The van der Waals surface area contributed by atoms with Crippen molar-refractivity contribution in [1.29, 1.82) is 5.41 Å². The number of β-lactam (4-membered cyclic amide) rings is 1. The lowest BCUT2D eigenvalue weighted by molar-refractivity contribution is -0.163. The second-order valence-corrected chi connectivity index (χ2v) is 11.1. The molecule has 7 atom stereocenters. The van der Waals surface area contributed by atoms with Gasteiger partial charge >= 0.3 is 5.97 Å². The molecule has 0 saturated carbocycles. The summed E-state index contributed by atoms with van der Waals surface area (Å²) in [6.07, 6.45) is 2.01. The Balaban J connectivity index is 1.38. The number of fused-ring (bicyclic) bond motifs is 1. The second-order valence-electron chi connectivity index (χ2n) is 9.72. The molecule has 4 aliphatic heterocycles. The number of carbonyl (C=O) groups is 3. The second kappa shape index (κ2) is 9.27. The molecule has 4 rings (SSSR count). The lowest BCUT2D eigenvalue weighted by atomic mass is 9.79. The molecule has 4 aliphatic rings. The van der Waals surface area contributed by atoms with Crippen LogP contribution in [0.4, 0.5) is 0 Å². The Morgan fingerprint density at radius 2 is 2.15 bits per heavy atom. The summed E-state index contributed by atoms with van der Waals surface area (Å²) < 4.78 is 0. The summed E-state index contributed by atoms with van der Waals surface area (Å²) in [5.41, 5.74) is 0.0341. The number of carboxylic acids is 1. The summed E-state index contributed by atoms with van der Waals surface area (Å²) in [5.74, 6) is -1.75. The quantitative estimate of drug-likeness (QED) is 0.217. The van der Waals surface area contributed by atoms with E-state index in [2.05, 4.69) is 5.32 Å². The molecule has 0 aromatic carbocycles. The predicted octanol–water partition coefficient (Wildman–Crippen LogP) is -0.00883. The average molecular weight is 480 g/mol. The number of aliphatic hydroxyl groups is 1. The van der Waals surface area contributed by atoms with E-state index in [1.165, 1.54) is 23.0 Å². The molecule has 4 heterocycles. The minimum Gasteiger partial charge on any atom is -0.477 e. The summed E-state index contributed by atoms with van der Waals surface area (Å²) >= 11 is 1.46. The molecule has 0 radical (unpaired) electrons. The van der Waals surface area contributed by atoms with E-state index in [9.17, 15) is 24.6 Å². The number of nitrogens with zero attached hydrogens (tertiary/aromatic N) is 3. The fourth-order valence-corrected chi connectivity index (χ4v) is 7.18. The highest BCUT2D eigenvalue weighted by atomic mass is 32.2. The van der Waals surface area contributed by atoms with Gasteiger partial charge in [-0.1, -0.05) is 6.92 Å². The van der Waals surface area contributed by atoms with Crippen LogP contribution >= 0.6 is 11.8 Å². The highest BCUT2D eigenvalue weighted by Gasteiger charge is 2.60. The summed E-state index contributed by atoms with van der Waals surface area (Å²) in [7, 11) is 1.86. The molecule has 0 aromatic heterocycles. The lowest BCUT2D eigenvalue weighted by Crippen LogP contribution is -2.63. The number of amides is 2. The summed E-state index contributed by atoms with van der Waals surface area (Å²) in [5, 5.41) is 30.5. The first-order chi connectivity index (χ1) is 15.6. The van der Waals surface area contributed by atoms with Gasteiger partial charge in [-0.2, -0.15) is 0 Å². The zero-order chi connectivity index (χ0) is 24.0. The smallest absolute Gasteiger partial charge is 0.353 e. The van der Waals surface area contributed by atoms with Crippen molar-refractivity contribution < 1.29 is 24.6 Å². The number of aliphatic hydroxyl groups excluding tert-OH is 1. The first kappa shape index (κ1) is 24.0. The van der Waals surface area contributed by atoms with Gasteiger partial charge in [-0.15, -0.1) is 11.8 Å². The normalized spacial score (nSPS) is 34.4. The Bertz CT molecular complexity index is 879. The van der Waals surface area contributed by atoms with Crippen LogP contribution in [0.2, 0.25) is 0 Å². The highest BCUT2D eigenvalue weighted by Crippen LogP contribution is 2.51. The maximum Gasteiger partial charge on any atom is 0.353 e. The molecule has 3 fully saturated rings. The van der Waals surface area contributed by atoms with E-state index < -0.39 is 18.0 Å². The Morgan fingerprint density at radius 3 is 2.79 bits per heavy atom. The molecule has 4 N–H and O–H groups in total. The minimum atomic E-state index is -1.12. The minimum absolute atomic E-state index is 0.0341. The van der Waals surface area contributed by atoms with Gasteiger partial charge in [0, 0.05) is 49.3 Å². The van der Waals surface area contributed by atoms with E-state index in [1.54, 1.807) is 6.92 Å². The molecular weight excluding hydrogens is 446 g/mol. The first-order valence-electron chi connectivity index (χ1n) is 11.5. The van der Waals surface area contributed by atoms with Crippen LogP contribution in [0.3, 0.4) is 0 Å². The third-order valence-electron chi connectivity index (χ3n) is 7.36. The number of thioether (sulfide) groups is 1. The summed E-state index contributed by atoms with van der Waals surface area (Å²) in [6, 6.07) is -0.616. The van der Waals surface area contributed by atoms with E-state index in [0.29, 0.717) is 30.3 Å². The van der Waals surface area contributed by atoms with Crippen molar-refractivity contribution in [2.24, 2.45) is 17.8 Å². The van der Waals surface area contributed by atoms with Gasteiger partial charge in [0.05, 0.1) is 30.4 Å². The van der Waals surface area contributed by atoms with Crippen molar-refractivity contribution in [2.45, 2.75) is 50.1 Å². The molecule has 0 unspecified atom stereocenters. The average Bonchev–Trinajstić information content (AvgIpc) is 3.46. The zero-order valence-corrected chi connectivity index (χ0v) is 20.0. The van der Waals surface area contributed by atoms with E-state index in [0.717, 1.165) is 19.5 Å². The Morgan fingerprint density at radius 1 is 1.42 bits per heavy atom. The largest absolute Gasteiger partial charge is 0.477 e. The van der Waals surface area contributed by atoms with Gasteiger partial charge in [-0.3, -0.25) is 15.0 Å².